The van der Waals surface area contributed by atoms with Gasteiger partial charge in [-0.25, -0.2) is 4.98 Å². The van der Waals surface area contributed by atoms with Crippen LogP contribution in [0.2, 0.25) is 0 Å². The summed E-state index contributed by atoms with van der Waals surface area (Å²) >= 11 is 1.50. The summed E-state index contributed by atoms with van der Waals surface area (Å²) in [6.45, 7) is 8.35. The van der Waals surface area contributed by atoms with Gasteiger partial charge in [-0.15, -0.1) is 11.3 Å². The van der Waals surface area contributed by atoms with Crippen LogP contribution in [0.15, 0.2) is 5.38 Å². The molecule has 0 saturated heterocycles. The Balaban J connectivity index is 2.86. The number of hydrogen-bond acceptors (Lipinski definition) is 4. The highest BCUT2D eigenvalue weighted by atomic mass is 32.1. The molecular weight excluding hydrogens is 210 g/mol. The molecule has 0 radical (unpaired) electrons. The monoisotopic (exact) mass is 227 g/mol. The lowest BCUT2D eigenvalue weighted by atomic mass is 10.1. The van der Waals surface area contributed by atoms with Crippen LogP contribution in [0.5, 0.6) is 0 Å². The van der Waals surface area contributed by atoms with Gasteiger partial charge in [-0.3, -0.25) is 4.79 Å². The summed E-state index contributed by atoms with van der Waals surface area (Å²) in [6.07, 6.45) is 0.00750. The minimum atomic E-state index is 0.00750. The van der Waals surface area contributed by atoms with Crippen molar-refractivity contribution in [3.05, 3.63) is 16.1 Å². The lowest BCUT2D eigenvalue weighted by Gasteiger charge is -2.17. The van der Waals surface area contributed by atoms with E-state index in [2.05, 4.69) is 18.8 Å². The van der Waals surface area contributed by atoms with E-state index < -0.39 is 0 Å². The van der Waals surface area contributed by atoms with E-state index in [1.165, 1.54) is 18.3 Å². The summed E-state index contributed by atoms with van der Waals surface area (Å²) in [4.78, 5) is 15.4. The molecule has 0 aliphatic carbocycles. The topological polar surface area (TPSA) is 39.2 Å². The van der Waals surface area contributed by atoms with Crippen LogP contribution in [-0.4, -0.2) is 17.4 Å². The van der Waals surface area contributed by atoms with Gasteiger partial charge in [0, 0.05) is 18.9 Å². The van der Waals surface area contributed by atoms with Crippen molar-refractivity contribution < 1.29 is 9.53 Å². The van der Waals surface area contributed by atoms with Crippen LogP contribution in [-0.2, 0) is 4.74 Å². The molecule has 1 heterocycles. The van der Waals surface area contributed by atoms with Gasteiger partial charge in [0.15, 0.2) is 5.78 Å². The highest BCUT2D eigenvalue weighted by Gasteiger charge is 2.20. The highest BCUT2D eigenvalue weighted by Crippen LogP contribution is 2.28. The standard InChI is InChI=1S/C11H17NO2S/c1-5-14-10(7(2)3)11-12-9(6-15-11)8(4)13/h6-7,10H,5H2,1-4H3. The maximum atomic E-state index is 11.1. The number of nitrogens with zero attached hydrogens (tertiary/aromatic N) is 1. The maximum absolute atomic E-state index is 11.1. The molecular formula is C11H17NO2S. The van der Waals surface area contributed by atoms with E-state index >= 15 is 0 Å². The van der Waals surface area contributed by atoms with Crippen LogP contribution in [0.3, 0.4) is 0 Å². The van der Waals surface area contributed by atoms with Crippen molar-refractivity contribution in [1.82, 2.24) is 4.98 Å². The molecule has 0 aliphatic heterocycles. The van der Waals surface area contributed by atoms with Gasteiger partial charge >= 0.3 is 0 Å². The first-order chi connectivity index (χ1) is 7.06. The average molecular weight is 227 g/mol. The second kappa shape index (κ2) is 5.37. The first-order valence-electron chi connectivity index (χ1n) is 5.14. The van der Waals surface area contributed by atoms with E-state index in [4.69, 9.17) is 4.74 Å². The minimum absolute atomic E-state index is 0.00750. The maximum Gasteiger partial charge on any atom is 0.178 e. The second-order valence-electron chi connectivity index (χ2n) is 3.75. The predicted molar refractivity (Wildman–Crippen MR) is 61.3 cm³/mol. The summed E-state index contributed by atoms with van der Waals surface area (Å²) in [6, 6.07) is 0. The Kier molecular flexibility index (Phi) is 4.42. The summed E-state index contributed by atoms with van der Waals surface area (Å²) in [5.74, 6) is 0.382. The third-order valence-corrected chi connectivity index (χ3v) is 2.98. The van der Waals surface area contributed by atoms with Crippen molar-refractivity contribution in [2.75, 3.05) is 6.61 Å². The Bertz CT molecular complexity index is 333. The zero-order valence-corrected chi connectivity index (χ0v) is 10.4. The second-order valence-corrected chi connectivity index (χ2v) is 4.64. The number of rotatable bonds is 5. The van der Waals surface area contributed by atoms with E-state index in [0.717, 1.165) is 5.01 Å². The SMILES string of the molecule is CCOC(c1nc(C(C)=O)cs1)C(C)C. The summed E-state index contributed by atoms with van der Waals surface area (Å²) in [7, 11) is 0. The Morgan fingerprint density at radius 3 is 2.67 bits per heavy atom. The number of carbonyl (C=O) groups is 1. The number of thiazole rings is 1. The van der Waals surface area contributed by atoms with Crippen LogP contribution in [0.1, 0.15) is 49.3 Å². The van der Waals surface area contributed by atoms with E-state index in [-0.39, 0.29) is 11.9 Å². The van der Waals surface area contributed by atoms with E-state index in [1.54, 1.807) is 5.38 Å². The molecule has 0 N–H and O–H groups in total. The highest BCUT2D eigenvalue weighted by molar-refractivity contribution is 7.09. The number of aromatic nitrogens is 1. The Morgan fingerprint density at radius 1 is 1.60 bits per heavy atom. The van der Waals surface area contributed by atoms with Crippen molar-refractivity contribution in [3.63, 3.8) is 0 Å². The van der Waals surface area contributed by atoms with Gasteiger partial charge in [0.05, 0.1) is 0 Å². The van der Waals surface area contributed by atoms with Crippen molar-refractivity contribution in [3.8, 4) is 0 Å². The average Bonchev–Trinajstić information content (AvgIpc) is 2.62. The lowest BCUT2D eigenvalue weighted by molar-refractivity contribution is 0.0292. The van der Waals surface area contributed by atoms with Crippen molar-refractivity contribution >= 4 is 17.1 Å². The molecule has 0 bridgehead atoms. The van der Waals surface area contributed by atoms with Gasteiger partial charge in [-0.05, 0) is 12.8 Å². The van der Waals surface area contributed by atoms with Crippen LogP contribution in [0.25, 0.3) is 0 Å². The smallest absolute Gasteiger partial charge is 0.178 e. The normalized spacial score (nSPS) is 13.1. The van der Waals surface area contributed by atoms with Crippen LogP contribution in [0, 0.1) is 5.92 Å². The summed E-state index contributed by atoms with van der Waals surface area (Å²) < 4.78 is 5.62. The lowest BCUT2D eigenvalue weighted by Crippen LogP contribution is -2.11. The van der Waals surface area contributed by atoms with Crippen LogP contribution < -0.4 is 0 Å². The van der Waals surface area contributed by atoms with Crippen LogP contribution >= 0.6 is 11.3 Å². The number of carbonyl (C=O) groups excluding carboxylic acids is 1. The van der Waals surface area contributed by atoms with E-state index in [0.29, 0.717) is 18.2 Å². The minimum Gasteiger partial charge on any atom is -0.371 e. The van der Waals surface area contributed by atoms with Crippen molar-refractivity contribution in [1.29, 1.82) is 0 Å². The van der Waals surface area contributed by atoms with Gasteiger partial charge in [0.1, 0.15) is 16.8 Å². The molecule has 1 unspecified atom stereocenters. The first kappa shape index (κ1) is 12.3. The molecule has 84 valence electrons. The predicted octanol–water partition coefficient (Wildman–Crippen LogP) is 3.08. The van der Waals surface area contributed by atoms with Gasteiger partial charge in [0.2, 0.25) is 0 Å². The molecule has 0 aliphatic rings. The molecule has 0 spiro atoms. The summed E-state index contributed by atoms with van der Waals surface area (Å²) in [5.41, 5.74) is 0.542. The Morgan fingerprint density at radius 2 is 2.27 bits per heavy atom. The zero-order valence-electron chi connectivity index (χ0n) is 9.61. The quantitative estimate of drug-likeness (QED) is 0.726. The van der Waals surface area contributed by atoms with Gasteiger partial charge in [-0.1, -0.05) is 13.8 Å². The molecule has 0 saturated carbocycles. The number of Topliss-reactive ketones (excluding diaryl/α,β-unsaturated/α-hetero) is 1. The molecule has 1 aromatic rings. The zero-order chi connectivity index (χ0) is 11.4. The number of ether oxygens (including phenoxy) is 1. The van der Waals surface area contributed by atoms with E-state index in [9.17, 15) is 4.79 Å². The molecule has 1 atom stereocenters. The Labute approximate surface area is 94.5 Å². The Hall–Kier alpha value is -0.740. The fraction of sp³-hybridized carbons (Fsp3) is 0.636. The third-order valence-electron chi connectivity index (χ3n) is 2.08. The molecule has 4 heteroatoms. The van der Waals surface area contributed by atoms with Crippen molar-refractivity contribution in [2.24, 2.45) is 5.92 Å². The number of hydrogen-bond donors (Lipinski definition) is 0. The molecule has 15 heavy (non-hydrogen) atoms. The fourth-order valence-corrected chi connectivity index (χ4v) is 2.38. The summed E-state index contributed by atoms with van der Waals surface area (Å²) in [5, 5.41) is 2.70. The molecule has 0 amide bonds. The molecule has 3 nitrogen and oxygen atoms in total. The fourth-order valence-electron chi connectivity index (χ4n) is 1.31. The largest absolute Gasteiger partial charge is 0.371 e. The van der Waals surface area contributed by atoms with E-state index in [1.807, 2.05) is 6.92 Å². The molecule has 0 fully saturated rings. The van der Waals surface area contributed by atoms with Crippen LogP contribution in [0.4, 0.5) is 0 Å². The first-order valence-corrected chi connectivity index (χ1v) is 6.02. The van der Waals surface area contributed by atoms with Gasteiger partial charge in [0.25, 0.3) is 0 Å². The van der Waals surface area contributed by atoms with Gasteiger partial charge in [-0.2, -0.15) is 0 Å². The molecule has 1 aromatic heterocycles. The molecule has 0 aromatic carbocycles. The van der Waals surface area contributed by atoms with Gasteiger partial charge < -0.3 is 4.74 Å². The number of ketones is 1. The third kappa shape index (κ3) is 3.11. The molecule has 1 rings (SSSR count). The van der Waals surface area contributed by atoms with Crippen molar-refractivity contribution in [2.45, 2.75) is 33.8 Å².